The van der Waals surface area contributed by atoms with Gasteiger partial charge >= 0.3 is 0 Å². The Morgan fingerprint density at radius 1 is 1.14 bits per heavy atom. The normalized spacial score (nSPS) is 18.9. The van der Waals surface area contributed by atoms with E-state index in [0.717, 1.165) is 40.4 Å². The molecule has 1 aliphatic rings. The Morgan fingerprint density at radius 2 is 2.00 bits per heavy atom. The van der Waals surface area contributed by atoms with Crippen molar-refractivity contribution in [2.45, 2.75) is 24.9 Å². The van der Waals surface area contributed by atoms with Gasteiger partial charge in [0.25, 0.3) is 0 Å². The molecule has 0 amide bonds. The summed E-state index contributed by atoms with van der Waals surface area (Å²) in [5.41, 5.74) is 3.90. The van der Waals surface area contributed by atoms with Gasteiger partial charge in [0.2, 0.25) is 11.8 Å². The number of fused-ring (bicyclic) bond motifs is 2. The predicted octanol–water partition coefficient (Wildman–Crippen LogP) is 2.85. The maximum absolute atomic E-state index is 5.39. The molecule has 1 saturated carbocycles. The van der Waals surface area contributed by atoms with Gasteiger partial charge in [0, 0.05) is 23.8 Å². The molecule has 1 aliphatic carbocycles. The molecule has 3 heterocycles. The van der Waals surface area contributed by atoms with Crippen molar-refractivity contribution in [2.24, 2.45) is 0 Å². The first-order valence-corrected chi connectivity index (χ1v) is 9.69. The van der Waals surface area contributed by atoms with Crippen molar-refractivity contribution in [2.75, 3.05) is 26.5 Å². The summed E-state index contributed by atoms with van der Waals surface area (Å²) in [4.78, 5) is 15.3. The number of hydrogen-bond acceptors (Lipinski definition) is 7. The van der Waals surface area contributed by atoms with E-state index in [1.54, 1.807) is 7.11 Å². The average Bonchev–Trinajstić information content (AvgIpc) is 3.12. The van der Waals surface area contributed by atoms with Gasteiger partial charge in [-0.2, -0.15) is 0 Å². The summed E-state index contributed by atoms with van der Waals surface area (Å²) in [6, 6.07) is 9.20. The summed E-state index contributed by atoms with van der Waals surface area (Å²) < 4.78 is 7.26. The van der Waals surface area contributed by atoms with Crippen LogP contribution in [-0.4, -0.2) is 62.8 Å². The zero-order valence-electron chi connectivity index (χ0n) is 16.7. The topological polar surface area (TPSA) is 80.5 Å². The predicted molar refractivity (Wildman–Crippen MR) is 112 cm³/mol. The van der Waals surface area contributed by atoms with Gasteiger partial charge in [-0.25, -0.2) is 19.5 Å². The van der Waals surface area contributed by atoms with Crippen LogP contribution < -0.4 is 10.1 Å². The quantitative estimate of drug-likeness (QED) is 0.562. The number of ether oxygens (including phenoxy) is 1. The van der Waals surface area contributed by atoms with Gasteiger partial charge in [-0.05, 0) is 50.7 Å². The number of anilines is 1. The molecule has 0 aliphatic heterocycles. The van der Waals surface area contributed by atoms with Crippen LogP contribution in [-0.2, 0) is 0 Å². The van der Waals surface area contributed by atoms with Crippen LogP contribution in [0.15, 0.2) is 43.0 Å². The third kappa shape index (κ3) is 3.15. The molecule has 4 aromatic rings. The number of benzene rings is 1. The molecule has 0 radical (unpaired) electrons. The first kappa shape index (κ1) is 17.8. The van der Waals surface area contributed by atoms with Gasteiger partial charge < -0.3 is 15.0 Å². The maximum Gasteiger partial charge on any atom is 0.241 e. The third-order valence-corrected chi connectivity index (χ3v) is 5.70. The number of aromatic nitrogens is 5. The zero-order valence-corrected chi connectivity index (χ0v) is 16.7. The highest BCUT2D eigenvalue weighted by atomic mass is 16.5. The number of nitrogens with zero attached hydrogens (tertiary/aromatic N) is 6. The van der Waals surface area contributed by atoms with E-state index in [9.17, 15) is 0 Å². The summed E-state index contributed by atoms with van der Waals surface area (Å²) in [6.45, 7) is 0. The monoisotopic (exact) mass is 389 g/mol. The zero-order chi connectivity index (χ0) is 20.0. The Kier molecular flexibility index (Phi) is 4.28. The Labute approximate surface area is 168 Å². The molecule has 29 heavy (non-hydrogen) atoms. The molecular formula is C21H23N7O. The van der Waals surface area contributed by atoms with Crippen LogP contribution in [0.2, 0.25) is 0 Å². The molecule has 8 nitrogen and oxygen atoms in total. The van der Waals surface area contributed by atoms with Crippen molar-refractivity contribution in [3.63, 3.8) is 0 Å². The lowest BCUT2D eigenvalue weighted by molar-refractivity contribution is 0.177. The van der Waals surface area contributed by atoms with Gasteiger partial charge in [0.15, 0.2) is 0 Å². The van der Waals surface area contributed by atoms with Gasteiger partial charge in [0.05, 0.1) is 29.7 Å². The molecule has 0 bridgehead atoms. The summed E-state index contributed by atoms with van der Waals surface area (Å²) in [5, 5.41) is 8.96. The number of nitrogens with one attached hydrogen (secondary N) is 1. The molecule has 148 valence electrons. The first-order chi connectivity index (χ1) is 14.1. The van der Waals surface area contributed by atoms with E-state index in [2.05, 4.69) is 50.4 Å². The van der Waals surface area contributed by atoms with E-state index in [0.29, 0.717) is 23.9 Å². The van der Waals surface area contributed by atoms with E-state index in [1.807, 2.05) is 35.1 Å². The van der Waals surface area contributed by atoms with Crippen LogP contribution in [0.25, 0.3) is 27.5 Å². The fourth-order valence-corrected chi connectivity index (χ4v) is 3.88. The molecule has 3 aromatic heterocycles. The van der Waals surface area contributed by atoms with Crippen LogP contribution in [0.5, 0.6) is 5.88 Å². The maximum atomic E-state index is 5.39. The lowest BCUT2D eigenvalue weighted by Gasteiger charge is -2.39. The second-order valence-corrected chi connectivity index (χ2v) is 7.69. The number of hydrogen-bond donors (Lipinski definition) is 1. The fraction of sp³-hybridized carbons (Fsp3) is 0.333. The molecule has 1 fully saturated rings. The SMILES string of the molecule is COc1ncnc2ccc(-c3ccn4nc(N[C@H]5C[C@@H](N(C)C)C5)ncc34)cc12. The summed E-state index contributed by atoms with van der Waals surface area (Å²) >= 11 is 0. The molecule has 0 saturated heterocycles. The fourth-order valence-electron chi connectivity index (χ4n) is 3.88. The van der Waals surface area contributed by atoms with Crippen molar-refractivity contribution >= 4 is 22.4 Å². The molecule has 1 aromatic carbocycles. The minimum atomic E-state index is 0.433. The van der Waals surface area contributed by atoms with E-state index in [-0.39, 0.29) is 0 Å². The van der Waals surface area contributed by atoms with Crippen molar-refractivity contribution in [1.29, 1.82) is 0 Å². The van der Waals surface area contributed by atoms with Crippen LogP contribution >= 0.6 is 0 Å². The highest BCUT2D eigenvalue weighted by Crippen LogP contribution is 2.31. The van der Waals surface area contributed by atoms with Gasteiger partial charge in [-0.1, -0.05) is 6.07 Å². The van der Waals surface area contributed by atoms with Crippen molar-refractivity contribution in [3.8, 4) is 17.0 Å². The van der Waals surface area contributed by atoms with Crippen molar-refractivity contribution < 1.29 is 4.74 Å². The number of rotatable bonds is 5. The minimum Gasteiger partial charge on any atom is -0.480 e. The Balaban J connectivity index is 1.44. The van der Waals surface area contributed by atoms with Crippen LogP contribution in [0.1, 0.15) is 12.8 Å². The highest BCUT2D eigenvalue weighted by Gasteiger charge is 2.30. The average molecular weight is 389 g/mol. The van der Waals surface area contributed by atoms with Crippen LogP contribution in [0, 0.1) is 0 Å². The van der Waals surface area contributed by atoms with E-state index < -0.39 is 0 Å². The summed E-state index contributed by atoms with van der Waals surface area (Å²) in [5.74, 6) is 1.23. The Bertz CT molecular complexity index is 1180. The Hall–Kier alpha value is -3.26. The minimum absolute atomic E-state index is 0.433. The first-order valence-electron chi connectivity index (χ1n) is 9.69. The molecular weight excluding hydrogens is 366 g/mol. The molecule has 8 heteroatoms. The summed E-state index contributed by atoms with van der Waals surface area (Å²) in [6.07, 6.45) is 7.58. The lowest BCUT2D eigenvalue weighted by Crippen LogP contribution is -2.47. The van der Waals surface area contributed by atoms with E-state index in [4.69, 9.17) is 4.74 Å². The standard InChI is InChI=1S/C21H23N7O/c1-27(2)15-9-14(10-15)25-21-22-11-19-16(6-7-28(19)26-21)13-4-5-18-17(8-13)20(29-3)24-12-23-18/h4-8,11-12,14-15H,9-10H2,1-3H3,(H,25,26)/t14-,15+. The number of methoxy groups -OCH3 is 1. The lowest BCUT2D eigenvalue weighted by atomic mass is 9.86. The van der Waals surface area contributed by atoms with E-state index >= 15 is 0 Å². The second kappa shape index (κ2) is 6.97. The van der Waals surface area contributed by atoms with Gasteiger partial charge in [-0.15, -0.1) is 5.10 Å². The molecule has 0 spiro atoms. The molecule has 5 rings (SSSR count). The van der Waals surface area contributed by atoms with Crippen LogP contribution in [0.3, 0.4) is 0 Å². The van der Waals surface area contributed by atoms with Crippen molar-refractivity contribution in [1.82, 2.24) is 29.5 Å². The largest absolute Gasteiger partial charge is 0.480 e. The smallest absolute Gasteiger partial charge is 0.241 e. The highest BCUT2D eigenvalue weighted by molar-refractivity contribution is 5.91. The molecule has 0 unspecified atom stereocenters. The van der Waals surface area contributed by atoms with Gasteiger partial charge in [-0.3, -0.25) is 0 Å². The Morgan fingerprint density at radius 3 is 2.79 bits per heavy atom. The van der Waals surface area contributed by atoms with Gasteiger partial charge in [0.1, 0.15) is 6.33 Å². The molecule has 0 atom stereocenters. The molecule has 1 N–H and O–H groups in total. The van der Waals surface area contributed by atoms with Crippen molar-refractivity contribution in [3.05, 3.63) is 43.0 Å². The summed E-state index contributed by atoms with van der Waals surface area (Å²) in [7, 11) is 5.87. The third-order valence-electron chi connectivity index (χ3n) is 5.70. The van der Waals surface area contributed by atoms with E-state index in [1.165, 1.54) is 6.33 Å². The van der Waals surface area contributed by atoms with Crippen LogP contribution in [0.4, 0.5) is 5.95 Å². The second-order valence-electron chi connectivity index (χ2n) is 7.69.